The lowest BCUT2D eigenvalue weighted by Gasteiger charge is -2.07. The molecule has 0 fully saturated rings. The van der Waals surface area contributed by atoms with Crippen LogP contribution in [0.2, 0.25) is 10.0 Å². The molecule has 0 unspecified atom stereocenters. The van der Waals surface area contributed by atoms with Gasteiger partial charge in [-0.1, -0.05) is 59.6 Å². The Morgan fingerprint density at radius 3 is 2.62 bits per heavy atom. The minimum Gasteiger partial charge on any atom is -0.484 e. The average Bonchev–Trinajstić information content (AvgIpc) is 3.36. The van der Waals surface area contributed by atoms with Crippen LogP contribution in [0.25, 0.3) is 0 Å². The Balaban J connectivity index is 1.42. The van der Waals surface area contributed by atoms with Crippen LogP contribution in [0.4, 0.5) is 5.69 Å². The Morgan fingerprint density at radius 1 is 1.06 bits per heavy atom. The first-order chi connectivity index (χ1) is 15.4. The largest absolute Gasteiger partial charge is 0.484 e. The van der Waals surface area contributed by atoms with Gasteiger partial charge in [0.25, 0.3) is 5.91 Å². The summed E-state index contributed by atoms with van der Waals surface area (Å²) in [4.78, 5) is 12.8. The number of aryl methyl sites for hydroxylation is 1. The first-order valence-corrected chi connectivity index (χ1v) is 10.7. The fraction of sp³-hybridized carbons (Fsp3) is 0.167. The second-order valence-corrected chi connectivity index (χ2v) is 8.03. The van der Waals surface area contributed by atoms with Crippen molar-refractivity contribution in [1.29, 1.82) is 0 Å². The van der Waals surface area contributed by atoms with Crippen molar-refractivity contribution in [3.8, 4) is 5.75 Å². The van der Waals surface area contributed by atoms with E-state index in [1.165, 1.54) is 0 Å². The molecule has 0 radical (unpaired) electrons. The fourth-order valence-corrected chi connectivity index (χ4v) is 3.63. The summed E-state index contributed by atoms with van der Waals surface area (Å²) in [5.74, 6) is 0.746. The number of nitrogens with one attached hydrogen (secondary N) is 1. The summed E-state index contributed by atoms with van der Waals surface area (Å²) in [6.07, 6.45) is 0. The number of rotatable bonds is 7. The highest BCUT2D eigenvalue weighted by Gasteiger charge is 2.18. The lowest BCUT2D eigenvalue weighted by Crippen LogP contribution is -2.12. The van der Waals surface area contributed by atoms with Crippen molar-refractivity contribution in [3.05, 3.63) is 99.2 Å². The Kier molecular flexibility index (Phi) is 6.53. The molecule has 4 aromatic rings. The number of aromatic nitrogens is 2. The van der Waals surface area contributed by atoms with Crippen LogP contribution in [0.5, 0.6) is 5.75 Å². The molecule has 32 heavy (non-hydrogen) atoms. The lowest BCUT2D eigenvalue weighted by molar-refractivity contribution is 0.0992. The molecule has 164 valence electrons. The zero-order valence-electron chi connectivity index (χ0n) is 17.6. The van der Waals surface area contributed by atoms with Crippen LogP contribution >= 0.6 is 23.2 Å². The number of furan rings is 1. The van der Waals surface area contributed by atoms with Crippen molar-refractivity contribution in [2.24, 2.45) is 0 Å². The molecule has 2 aromatic heterocycles. The summed E-state index contributed by atoms with van der Waals surface area (Å²) >= 11 is 12.1. The number of carbonyl (C=O) groups excluding carboxylic acids is 1. The van der Waals surface area contributed by atoms with Crippen LogP contribution in [-0.2, 0) is 13.2 Å². The van der Waals surface area contributed by atoms with Gasteiger partial charge in [0.05, 0.1) is 28.6 Å². The highest BCUT2D eigenvalue weighted by molar-refractivity contribution is 6.42. The molecule has 6 nitrogen and oxygen atoms in total. The van der Waals surface area contributed by atoms with Crippen LogP contribution in [0, 0.1) is 13.8 Å². The molecule has 2 heterocycles. The summed E-state index contributed by atoms with van der Waals surface area (Å²) in [5, 5.41) is 8.21. The SMILES string of the molecule is Cc1nn(Cc2ccccc2)c(C)c1NC(=O)c1ccc(COc2cccc(Cl)c2Cl)o1. The highest BCUT2D eigenvalue weighted by atomic mass is 35.5. The van der Waals surface area contributed by atoms with Gasteiger partial charge in [-0.25, -0.2) is 0 Å². The molecule has 0 aliphatic heterocycles. The number of anilines is 1. The molecule has 0 aliphatic rings. The summed E-state index contributed by atoms with van der Waals surface area (Å²) < 4.78 is 13.2. The Bertz CT molecular complexity index is 1250. The van der Waals surface area contributed by atoms with Gasteiger partial charge >= 0.3 is 0 Å². The van der Waals surface area contributed by atoms with Crippen LogP contribution in [0.15, 0.2) is 65.1 Å². The average molecular weight is 470 g/mol. The van der Waals surface area contributed by atoms with Gasteiger partial charge < -0.3 is 14.5 Å². The molecule has 0 saturated heterocycles. The maximum Gasteiger partial charge on any atom is 0.291 e. The number of hydrogen-bond donors (Lipinski definition) is 1. The van der Waals surface area contributed by atoms with Gasteiger partial charge in [-0.05, 0) is 43.7 Å². The van der Waals surface area contributed by atoms with Crippen LogP contribution in [-0.4, -0.2) is 15.7 Å². The van der Waals surface area contributed by atoms with E-state index in [4.69, 9.17) is 32.4 Å². The minimum absolute atomic E-state index is 0.112. The third kappa shape index (κ3) is 4.82. The van der Waals surface area contributed by atoms with Crippen LogP contribution < -0.4 is 10.1 Å². The number of hydrogen-bond acceptors (Lipinski definition) is 4. The predicted octanol–water partition coefficient (Wildman–Crippen LogP) is 6.28. The normalized spacial score (nSPS) is 10.9. The van der Waals surface area contributed by atoms with E-state index in [9.17, 15) is 4.79 Å². The van der Waals surface area contributed by atoms with Crippen molar-refractivity contribution in [1.82, 2.24) is 9.78 Å². The van der Waals surface area contributed by atoms with Crippen molar-refractivity contribution in [2.75, 3.05) is 5.32 Å². The molecule has 0 atom stereocenters. The topological polar surface area (TPSA) is 69.3 Å². The molecule has 1 N–H and O–H groups in total. The number of carbonyl (C=O) groups is 1. The second-order valence-electron chi connectivity index (χ2n) is 7.25. The first kappa shape index (κ1) is 22.0. The van der Waals surface area contributed by atoms with Gasteiger partial charge in [0.1, 0.15) is 23.1 Å². The van der Waals surface area contributed by atoms with Gasteiger partial charge in [0, 0.05) is 0 Å². The van der Waals surface area contributed by atoms with E-state index in [1.807, 2.05) is 48.9 Å². The summed E-state index contributed by atoms with van der Waals surface area (Å²) in [7, 11) is 0. The second kappa shape index (κ2) is 9.51. The van der Waals surface area contributed by atoms with E-state index in [1.54, 1.807) is 30.3 Å². The molecular formula is C24H21Cl2N3O3. The number of ether oxygens (including phenoxy) is 1. The van der Waals surface area contributed by atoms with E-state index in [2.05, 4.69) is 10.4 Å². The van der Waals surface area contributed by atoms with E-state index in [0.29, 0.717) is 33.8 Å². The van der Waals surface area contributed by atoms with Gasteiger partial charge in [-0.15, -0.1) is 0 Å². The monoisotopic (exact) mass is 469 g/mol. The molecule has 0 spiro atoms. The molecular weight excluding hydrogens is 449 g/mol. The summed E-state index contributed by atoms with van der Waals surface area (Å²) in [6.45, 7) is 4.52. The smallest absolute Gasteiger partial charge is 0.291 e. The van der Waals surface area contributed by atoms with E-state index in [0.717, 1.165) is 17.0 Å². The van der Waals surface area contributed by atoms with Gasteiger partial charge in [-0.2, -0.15) is 5.10 Å². The van der Waals surface area contributed by atoms with E-state index in [-0.39, 0.29) is 18.3 Å². The summed E-state index contributed by atoms with van der Waals surface area (Å²) in [5.41, 5.74) is 3.40. The van der Waals surface area contributed by atoms with Crippen LogP contribution in [0.1, 0.15) is 33.3 Å². The summed E-state index contributed by atoms with van der Waals surface area (Å²) in [6, 6.07) is 18.5. The molecule has 2 aromatic carbocycles. The standard InChI is InChI=1S/C24H21Cl2N3O3/c1-15-23(16(2)29(28-15)13-17-7-4-3-5-8-17)27-24(30)21-12-11-18(32-21)14-31-20-10-6-9-19(25)22(20)26/h3-12H,13-14H2,1-2H3,(H,27,30). The molecule has 0 aliphatic carbocycles. The Morgan fingerprint density at radius 2 is 1.84 bits per heavy atom. The lowest BCUT2D eigenvalue weighted by atomic mass is 10.2. The molecule has 0 saturated carbocycles. The fourth-order valence-electron chi connectivity index (χ4n) is 3.29. The van der Waals surface area contributed by atoms with Gasteiger partial charge in [-0.3, -0.25) is 9.48 Å². The maximum absolute atomic E-state index is 12.8. The minimum atomic E-state index is -0.359. The quantitative estimate of drug-likeness (QED) is 0.345. The Hall–Kier alpha value is -3.22. The van der Waals surface area contributed by atoms with E-state index >= 15 is 0 Å². The number of benzene rings is 2. The molecule has 1 amide bonds. The molecule has 4 rings (SSSR count). The van der Waals surface area contributed by atoms with E-state index < -0.39 is 0 Å². The third-order valence-corrected chi connectivity index (χ3v) is 5.77. The zero-order valence-corrected chi connectivity index (χ0v) is 19.1. The zero-order chi connectivity index (χ0) is 22.7. The van der Waals surface area contributed by atoms with Crippen molar-refractivity contribution >= 4 is 34.8 Å². The number of amides is 1. The molecule has 8 heteroatoms. The third-order valence-electron chi connectivity index (χ3n) is 4.97. The van der Waals surface area contributed by atoms with Crippen LogP contribution in [0.3, 0.4) is 0 Å². The first-order valence-electron chi connectivity index (χ1n) is 9.97. The van der Waals surface area contributed by atoms with Gasteiger partial charge in [0.15, 0.2) is 5.76 Å². The number of nitrogens with zero attached hydrogens (tertiary/aromatic N) is 2. The van der Waals surface area contributed by atoms with Crippen molar-refractivity contribution in [3.63, 3.8) is 0 Å². The predicted molar refractivity (Wildman–Crippen MR) is 125 cm³/mol. The maximum atomic E-state index is 12.8. The highest BCUT2D eigenvalue weighted by Crippen LogP contribution is 2.32. The van der Waals surface area contributed by atoms with Gasteiger partial charge in [0.2, 0.25) is 0 Å². The number of halogens is 2. The molecule has 0 bridgehead atoms. The van der Waals surface area contributed by atoms with Crippen molar-refractivity contribution < 1.29 is 13.9 Å². The van der Waals surface area contributed by atoms with Crippen molar-refractivity contribution in [2.45, 2.75) is 27.0 Å². The Labute approximate surface area is 195 Å².